The molecule has 1 aliphatic rings. The van der Waals surface area contributed by atoms with Gasteiger partial charge < -0.3 is 14.6 Å². The van der Waals surface area contributed by atoms with E-state index >= 15 is 0 Å². The Hall–Kier alpha value is -3.85. The van der Waals surface area contributed by atoms with E-state index in [9.17, 15) is 4.79 Å². The normalized spacial score (nSPS) is 15.6. The van der Waals surface area contributed by atoms with Crippen molar-refractivity contribution in [3.63, 3.8) is 0 Å². The molecule has 4 heterocycles. The zero-order valence-electron chi connectivity index (χ0n) is 21.8. The van der Waals surface area contributed by atoms with Crippen LogP contribution in [0.3, 0.4) is 0 Å². The van der Waals surface area contributed by atoms with Crippen molar-refractivity contribution in [1.29, 1.82) is 0 Å². The van der Waals surface area contributed by atoms with Crippen molar-refractivity contribution in [1.82, 2.24) is 34.7 Å². The number of nitrogens with one attached hydrogen (secondary N) is 1. The van der Waals surface area contributed by atoms with Crippen LogP contribution in [0.25, 0.3) is 22.3 Å². The summed E-state index contributed by atoms with van der Waals surface area (Å²) in [4.78, 5) is 37.7. The molecule has 0 bridgehead atoms. The monoisotopic (exact) mass is 499 g/mol. The molecule has 3 aromatic heterocycles. The maximum Gasteiger partial charge on any atom is 0.410 e. The first-order valence-electron chi connectivity index (χ1n) is 12.7. The van der Waals surface area contributed by atoms with E-state index in [1.807, 2.05) is 45.2 Å². The van der Waals surface area contributed by atoms with Crippen LogP contribution in [-0.2, 0) is 11.2 Å². The van der Waals surface area contributed by atoms with E-state index in [-0.39, 0.29) is 12.1 Å². The Bertz CT molecular complexity index is 1370. The molecule has 1 fully saturated rings. The molecule has 5 rings (SSSR count). The summed E-state index contributed by atoms with van der Waals surface area (Å²) in [6.45, 7) is 10.8. The highest BCUT2D eigenvalue weighted by atomic mass is 16.6. The summed E-state index contributed by atoms with van der Waals surface area (Å²) in [5, 5.41) is 0. The maximum absolute atomic E-state index is 12.4. The molecule has 37 heavy (non-hydrogen) atoms. The predicted octanol–water partition coefficient (Wildman–Crippen LogP) is 4.62. The zero-order chi connectivity index (χ0) is 26.0. The van der Waals surface area contributed by atoms with Gasteiger partial charge in [0, 0.05) is 62.3 Å². The average Bonchev–Trinajstić information content (AvgIpc) is 3.29. The van der Waals surface area contributed by atoms with E-state index in [0.717, 1.165) is 46.9 Å². The molecule has 1 saturated heterocycles. The average molecular weight is 500 g/mol. The molecule has 1 aromatic carbocycles. The number of carbonyl (C=O) groups is 1. The lowest BCUT2D eigenvalue weighted by Crippen LogP contribution is -2.50. The number of imidazole rings is 1. The molecule has 9 nitrogen and oxygen atoms in total. The number of carbonyl (C=O) groups excluding carboxylic acids is 1. The second-order valence-corrected chi connectivity index (χ2v) is 10.4. The van der Waals surface area contributed by atoms with Gasteiger partial charge in [0.2, 0.25) is 0 Å². The van der Waals surface area contributed by atoms with E-state index in [4.69, 9.17) is 9.72 Å². The van der Waals surface area contributed by atoms with E-state index < -0.39 is 5.60 Å². The summed E-state index contributed by atoms with van der Waals surface area (Å²) in [6, 6.07) is 12.4. The number of aromatic nitrogens is 5. The van der Waals surface area contributed by atoms with Gasteiger partial charge in [0.1, 0.15) is 17.8 Å². The van der Waals surface area contributed by atoms with Crippen LogP contribution in [-0.4, -0.2) is 72.6 Å². The van der Waals surface area contributed by atoms with Gasteiger partial charge in [0.15, 0.2) is 0 Å². The van der Waals surface area contributed by atoms with Crippen LogP contribution in [0.4, 0.5) is 4.79 Å². The molecular formula is C28H33N7O2. The number of hydrogen-bond acceptors (Lipinski definition) is 7. The summed E-state index contributed by atoms with van der Waals surface area (Å²) >= 11 is 0. The predicted molar refractivity (Wildman–Crippen MR) is 142 cm³/mol. The Morgan fingerprint density at radius 1 is 1.05 bits per heavy atom. The number of ether oxygens (including phenoxy) is 1. The Balaban J connectivity index is 1.24. The lowest BCUT2D eigenvalue weighted by atomic mass is 10.1. The number of hydrogen-bond donors (Lipinski definition) is 1. The van der Waals surface area contributed by atoms with Gasteiger partial charge in [0.05, 0.1) is 16.7 Å². The third kappa shape index (κ3) is 5.94. The molecule has 1 amide bonds. The molecule has 1 aliphatic heterocycles. The van der Waals surface area contributed by atoms with Crippen LogP contribution >= 0.6 is 0 Å². The van der Waals surface area contributed by atoms with Gasteiger partial charge >= 0.3 is 6.09 Å². The zero-order valence-corrected chi connectivity index (χ0v) is 21.8. The largest absolute Gasteiger partial charge is 0.444 e. The maximum atomic E-state index is 12.4. The third-order valence-electron chi connectivity index (χ3n) is 6.59. The van der Waals surface area contributed by atoms with Crippen molar-refractivity contribution in [2.45, 2.75) is 45.8 Å². The third-order valence-corrected chi connectivity index (χ3v) is 6.59. The minimum absolute atomic E-state index is 0.216. The molecule has 0 saturated carbocycles. The number of benzene rings is 1. The van der Waals surface area contributed by atoms with Crippen LogP contribution < -0.4 is 0 Å². The first-order chi connectivity index (χ1) is 17.7. The van der Waals surface area contributed by atoms with Crippen LogP contribution in [0, 0.1) is 0 Å². The quantitative estimate of drug-likeness (QED) is 0.428. The van der Waals surface area contributed by atoms with Crippen LogP contribution in [0.15, 0.2) is 55.1 Å². The molecule has 1 atom stereocenters. The minimum atomic E-state index is -0.478. The van der Waals surface area contributed by atoms with Gasteiger partial charge in [-0.2, -0.15) is 0 Å². The van der Waals surface area contributed by atoms with E-state index in [0.29, 0.717) is 19.5 Å². The van der Waals surface area contributed by atoms with Crippen LogP contribution in [0.5, 0.6) is 0 Å². The summed E-state index contributed by atoms with van der Waals surface area (Å²) in [6.07, 6.45) is 5.55. The van der Waals surface area contributed by atoms with Gasteiger partial charge in [0.25, 0.3) is 0 Å². The van der Waals surface area contributed by atoms with Crippen molar-refractivity contribution in [2.24, 2.45) is 0 Å². The molecule has 0 aliphatic carbocycles. The number of H-pyrrole nitrogens is 1. The SMILES string of the molecule is CC(c1ccnc(Cc2nc3ccc(-c4ccncn4)cc3[nH]2)c1)N1CCN(C(=O)OC(C)(C)C)CC1. The Kier molecular flexibility index (Phi) is 6.88. The Labute approximate surface area is 216 Å². The topological polar surface area (TPSA) is 100 Å². The fourth-order valence-electron chi connectivity index (χ4n) is 4.62. The smallest absolute Gasteiger partial charge is 0.410 e. The number of fused-ring (bicyclic) bond motifs is 1. The lowest BCUT2D eigenvalue weighted by Gasteiger charge is -2.38. The second kappa shape index (κ2) is 10.3. The second-order valence-electron chi connectivity index (χ2n) is 10.4. The standard InChI is InChI=1S/C28H33N7O2/c1-19(34-11-13-35(14-12-34)27(36)37-28(2,3)4)20-7-10-30-22(15-20)17-26-32-24-6-5-21(16-25(24)33-26)23-8-9-29-18-31-23/h5-10,15-16,18-19H,11-14,17H2,1-4H3,(H,32,33). The van der Waals surface area contributed by atoms with Gasteiger partial charge in [-0.05, 0) is 63.6 Å². The molecular weight excluding hydrogens is 466 g/mol. The highest BCUT2D eigenvalue weighted by Crippen LogP contribution is 2.25. The summed E-state index contributed by atoms with van der Waals surface area (Å²) < 4.78 is 5.53. The molecule has 0 spiro atoms. The van der Waals surface area contributed by atoms with Gasteiger partial charge in [-0.15, -0.1) is 0 Å². The van der Waals surface area contributed by atoms with Crippen molar-refractivity contribution in [3.05, 3.63) is 72.2 Å². The Morgan fingerprint density at radius 3 is 2.59 bits per heavy atom. The lowest BCUT2D eigenvalue weighted by molar-refractivity contribution is 0.0110. The summed E-state index contributed by atoms with van der Waals surface area (Å²) in [5.41, 5.74) is 5.48. The molecule has 9 heteroatoms. The minimum Gasteiger partial charge on any atom is -0.444 e. The number of amides is 1. The summed E-state index contributed by atoms with van der Waals surface area (Å²) in [5.74, 6) is 0.873. The molecule has 192 valence electrons. The highest BCUT2D eigenvalue weighted by Gasteiger charge is 2.28. The number of nitrogens with zero attached hydrogens (tertiary/aromatic N) is 6. The van der Waals surface area contributed by atoms with Gasteiger partial charge in [-0.25, -0.2) is 19.7 Å². The molecule has 0 radical (unpaired) electrons. The van der Waals surface area contributed by atoms with E-state index in [1.54, 1.807) is 17.4 Å². The van der Waals surface area contributed by atoms with Crippen molar-refractivity contribution in [3.8, 4) is 11.3 Å². The van der Waals surface area contributed by atoms with E-state index in [2.05, 4.69) is 50.0 Å². The number of pyridine rings is 1. The molecule has 1 unspecified atom stereocenters. The number of aromatic amines is 1. The number of rotatable bonds is 5. The van der Waals surface area contributed by atoms with Crippen molar-refractivity contribution in [2.75, 3.05) is 26.2 Å². The summed E-state index contributed by atoms with van der Waals surface area (Å²) in [7, 11) is 0. The first kappa shape index (κ1) is 24.8. The van der Waals surface area contributed by atoms with Gasteiger partial charge in [-0.3, -0.25) is 9.88 Å². The van der Waals surface area contributed by atoms with Gasteiger partial charge in [-0.1, -0.05) is 6.07 Å². The fourth-order valence-corrected chi connectivity index (χ4v) is 4.62. The molecule has 1 N–H and O–H groups in total. The van der Waals surface area contributed by atoms with Crippen molar-refractivity contribution >= 4 is 17.1 Å². The van der Waals surface area contributed by atoms with Crippen LogP contribution in [0.1, 0.15) is 50.8 Å². The Morgan fingerprint density at radius 2 is 1.86 bits per heavy atom. The first-order valence-corrected chi connectivity index (χ1v) is 12.7. The number of piperazine rings is 1. The highest BCUT2D eigenvalue weighted by molar-refractivity contribution is 5.81. The fraction of sp³-hybridized carbons (Fsp3) is 0.393. The van der Waals surface area contributed by atoms with Crippen molar-refractivity contribution < 1.29 is 9.53 Å². The van der Waals surface area contributed by atoms with Crippen LogP contribution in [0.2, 0.25) is 0 Å². The molecule has 4 aromatic rings. The van der Waals surface area contributed by atoms with E-state index in [1.165, 1.54) is 5.56 Å².